The number of carbonyl (C=O) groups is 1. The number of anilines is 1. The van der Waals surface area contributed by atoms with E-state index in [9.17, 15) is 9.90 Å². The van der Waals surface area contributed by atoms with Crippen molar-refractivity contribution in [3.8, 4) is 22.4 Å². The predicted octanol–water partition coefficient (Wildman–Crippen LogP) is 6.43. The normalized spacial score (nSPS) is 15.0. The van der Waals surface area contributed by atoms with Crippen LogP contribution in [-0.2, 0) is 26.9 Å². The van der Waals surface area contributed by atoms with Crippen LogP contribution in [0.25, 0.3) is 28.0 Å². The monoisotopic (exact) mass is 544 g/mol. The van der Waals surface area contributed by atoms with Crippen molar-refractivity contribution in [1.29, 1.82) is 0 Å². The largest absolute Gasteiger partial charge is 0.478 e. The highest BCUT2D eigenvalue weighted by Gasteiger charge is 2.26. The zero-order valence-electron chi connectivity index (χ0n) is 23.4. The van der Waals surface area contributed by atoms with Crippen LogP contribution in [-0.4, -0.2) is 36.9 Å². The van der Waals surface area contributed by atoms with E-state index >= 15 is 0 Å². The van der Waals surface area contributed by atoms with Crippen molar-refractivity contribution in [2.75, 3.05) is 5.32 Å². The molecule has 2 N–H and O–H groups in total. The lowest BCUT2D eigenvalue weighted by Gasteiger charge is -2.19. The average Bonchev–Trinajstić information content (AvgIpc) is 3.54. The van der Waals surface area contributed by atoms with Crippen LogP contribution in [0.15, 0.2) is 89.5 Å². The zero-order valence-corrected chi connectivity index (χ0v) is 23.4. The Morgan fingerprint density at radius 1 is 1.05 bits per heavy atom. The molecule has 2 aromatic heterocycles. The van der Waals surface area contributed by atoms with Gasteiger partial charge in [-0.25, -0.2) is 9.79 Å². The van der Waals surface area contributed by atoms with Crippen molar-refractivity contribution in [3.63, 3.8) is 0 Å². The SMILES string of the molecule is CCCc1cc(C(=O)O)ccc1NC1=C/C=C/C2=C(C=N1)CCc1nn(C)c(-c3ccc(-c4cnn(C)c4)cc3)c12. The summed E-state index contributed by atoms with van der Waals surface area (Å²) in [6.45, 7) is 2.08. The van der Waals surface area contributed by atoms with Crippen LogP contribution in [0.4, 0.5) is 5.69 Å². The number of aliphatic imine (C=N–C) groups is 1. The minimum Gasteiger partial charge on any atom is -0.478 e. The third kappa shape index (κ3) is 5.16. The molecule has 8 nitrogen and oxygen atoms in total. The lowest BCUT2D eigenvalue weighted by molar-refractivity contribution is 0.0696. The smallest absolute Gasteiger partial charge is 0.335 e. The number of benzene rings is 2. The van der Waals surface area contributed by atoms with E-state index in [0.717, 1.165) is 81.7 Å². The maximum absolute atomic E-state index is 11.5. The number of hydrogen-bond acceptors (Lipinski definition) is 5. The molecule has 0 saturated heterocycles. The van der Waals surface area contributed by atoms with Gasteiger partial charge in [0.25, 0.3) is 0 Å². The van der Waals surface area contributed by atoms with Gasteiger partial charge in [-0.1, -0.05) is 49.8 Å². The number of hydrogen-bond donors (Lipinski definition) is 2. The molecule has 6 rings (SSSR count). The number of aromatic carboxylic acids is 1. The number of allylic oxidation sites excluding steroid dienone is 5. The molecule has 41 heavy (non-hydrogen) atoms. The molecule has 206 valence electrons. The van der Waals surface area contributed by atoms with Gasteiger partial charge in [0, 0.05) is 48.9 Å². The van der Waals surface area contributed by atoms with E-state index in [2.05, 4.69) is 47.7 Å². The van der Waals surface area contributed by atoms with E-state index in [4.69, 9.17) is 10.1 Å². The Bertz CT molecular complexity index is 1770. The molecule has 1 aliphatic heterocycles. The molecule has 0 atom stereocenters. The highest BCUT2D eigenvalue weighted by Crippen LogP contribution is 2.39. The van der Waals surface area contributed by atoms with Crippen LogP contribution in [0.1, 0.15) is 46.9 Å². The van der Waals surface area contributed by atoms with Gasteiger partial charge in [0.2, 0.25) is 0 Å². The Morgan fingerprint density at radius 2 is 1.85 bits per heavy atom. The van der Waals surface area contributed by atoms with E-state index in [1.54, 1.807) is 12.1 Å². The molecule has 3 heterocycles. The van der Waals surface area contributed by atoms with Gasteiger partial charge in [0.05, 0.1) is 23.1 Å². The van der Waals surface area contributed by atoms with Gasteiger partial charge in [-0.3, -0.25) is 9.36 Å². The number of aromatic nitrogens is 4. The van der Waals surface area contributed by atoms with Crippen LogP contribution in [0.2, 0.25) is 0 Å². The topological polar surface area (TPSA) is 97.3 Å². The molecule has 0 bridgehead atoms. The summed E-state index contributed by atoms with van der Waals surface area (Å²) in [6.07, 6.45) is 15.4. The van der Waals surface area contributed by atoms with Crippen molar-refractivity contribution in [3.05, 3.63) is 107 Å². The van der Waals surface area contributed by atoms with Gasteiger partial charge in [-0.15, -0.1) is 0 Å². The van der Waals surface area contributed by atoms with E-state index < -0.39 is 5.97 Å². The fraction of sp³-hybridized carbons (Fsp3) is 0.212. The Labute approximate surface area is 239 Å². The van der Waals surface area contributed by atoms with Crippen LogP contribution in [0, 0.1) is 0 Å². The zero-order chi connectivity index (χ0) is 28.5. The number of aryl methyl sites for hydroxylation is 4. The summed E-state index contributed by atoms with van der Waals surface area (Å²) in [5, 5.41) is 22.0. The first-order valence-electron chi connectivity index (χ1n) is 13.9. The fourth-order valence-electron chi connectivity index (χ4n) is 5.60. The average molecular weight is 545 g/mol. The number of nitrogens with one attached hydrogen (secondary N) is 1. The minimum absolute atomic E-state index is 0.292. The number of carboxylic acid groups (broad SMARTS) is 1. The quantitative estimate of drug-likeness (QED) is 0.279. The first-order valence-corrected chi connectivity index (χ1v) is 13.9. The number of carboxylic acids is 1. The second kappa shape index (κ2) is 10.9. The van der Waals surface area contributed by atoms with E-state index in [0.29, 0.717) is 11.4 Å². The summed E-state index contributed by atoms with van der Waals surface area (Å²) in [6, 6.07) is 13.8. The third-order valence-corrected chi connectivity index (χ3v) is 7.57. The summed E-state index contributed by atoms with van der Waals surface area (Å²) in [5.74, 6) is -0.216. The van der Waals surface area contributed by atoms with Crippen molar-refractivity contribution < 1.29 is 9.90 Å². The van der Waals surface area contributed by atoms with Gasteiger partial charge in [0.15, 0.2) is 0 Å². The van der Waals surface area contributed by atoms with Crippen molar-refractivity contribution >= 4 is 23.4 Å². The van der Waals surface area contributed by atoms with Gasteiger partial charge in [0.1, 0.15) is 5.82 Å². The molecule has 0 unspecified atom stereocenters. The Hall–Kier alpha value is -4.98. The maximum Gasteiger partial charge on any atom is 0.335 e. The first kappa shape index (κ1) is 26.3. The summed E-state index contributed by atoms with van der Waals surface area (Å²) < 4.78 is 3.80. The maximum atomic E-state index is 11.5. The molecule has 4 aromatic rings. The fourth-order valence-corrected chi connectivity index (χ4v) is 5.60. The molecule has 0 radical (unpaired) electrons. The van der Waals surface area contributed by atoms with Crippen LogP contribution < -0.4 is 5.32 Å². The van der Waals surface area contributed by atoms with Crippen molar-refractivity contribution in [2.24, 2.45) is 19.1 Å². The number of nitrogens with zero attached hydrogens (tertiary/aromatic N) is 5. The van der Waals surface area contributed by atoms with Gasteiger partial charge in [-0.2, -0.15) is 10.2 Å². The van der Waals surface area contributed by atoms with Gasteiger partial charge >= 0.3 is 5.97 Å². The summed E-state index contributed by atoms with van der Waals surface area (Å²) in [5.41, 5.74) is 11.1. The summed E-state index contributed by atoms with van der Waals surface area (Å²) in [7, 11) is 3.93. The Balaban J connectivity index is 1.30. The number of fused-ring (bicyclic) bond motifs is 2. The molecule has 0 amide bonds. The molecule has 1 aliphatic carbocycles. The molecule has 0 spiro atoms. The predicted molar refractivity (Wildman–Crippen MR) is 163 cm³/mol. The second-order valence-corrected chi connectivity index (χ2v) is 10.4. The number of rotatable bonds is 7. The van der Waals surface area contributed by atoms with Crippen LogP contribution in [0.5, 0.6) is 0 Å². The highest BCUT2D eigenvalue weighted by atomic mass is 16.4. The van der Waals surface area contributed by atoms with Crippen molar-refractivity contribution in [1.82, 2.24) is 19.6 Å². The van der Waals surface area contributed by atoms with E-state index in [-0.39, 0.29) is 0 Å². The molecule has 0 fully saturated rings. The Morgan fingerprint density at radius 3 is 2.59 bits per heavy atom. The molecular weight excluding hydrogens is 512 g/mol. The van der Waals surface area contributed by atoms with E-state index in [1.807, 2.05) is 60.3 Å². The van der Waals surface area contributed by atoms with Crippen LogP contribution in [0.3, 0.4) is 0 Å². The first-order chi connectivity index (χ1) is 19.9. The lowest BCUT2D eigenvalue weighted by Crippen LogP contribution is -2.08. The van der Waals surface area contributed by atoms with Gasteiger partial charge in [-0.05, 0) is 65.8 Å². The summed E-state index contributed by atoms with van der Waals surface area (Å²) >= 11 is 0. The molecule has 2 aromatic carbocycles. The standard InChI is InChI=1S/C33H32N6O2/c1-4-6-23-17-24(33(40)41)13-15-28(23)36-30-8-5-7-27-25(18-34-30)14-16-29-31(27)32(39(3)37-29)22-11-9-21(10-12-22)26-19-35-38(2)20-26/h5,7-13,15,17-20H,4,6,14,16H2,1-3H3,(H,34,36)(H,40,41). The summed E-state index contributed by atoms with van der Waals surface area (Å²) in [4.78, 5) is 16.3. The molecular formula is C33H32N6O2. The Kier molecular flexibility index (Phi) is 6.97. The molecule has 8 heteroatoms. The van der Waals surface area contributed by atoms with Crippen molar-refractivity contribution in [2.45, 2.75) is 32.6 Å². The highest BCUT2D eigenvalue weighted by molar-refractivity contribution is 6.00. The lowest BCUT2D eigenvalue weighted by atomic mass is 9.86. The minimum atomic E-state index is -0.921. The van der Waals surface area contributed by atoms with Crippen LogP contribution >= 0.6 is 0 Å². The second-order valence-electron chi connectivity index (χ2n) is 10.4. The van der Waals surface area contributed by atoms with Gasteiger partial charge < -0.3 is 10.4 Å². The molecule has 2 aliphatic rings. The van der Waals surface area contributed by atoms with E-state index in [1.165, 1.54) is 0 Å². The molecule has 0 saturated carbocycles. The third-order valence-electron chi connectivity index (χ3n) is 7.57.